The molecule has 2 bridgehead atoms. The number of likely N-dealkylation sites (tertiary alicyclic amines) is 1. The first-order valence-electron chi connectivity index (χ1n) is 17.0. The minimum Gasteiger partial charge on any atom is -0.494 e. The fraction of sp³-hybridized carbons (Fsp3) is 0.639. The van der Waals surface area contributed by atoms with Crippen molar-refractivity contribution in [2.24, 2.45) is 17.8 Å². The monoisotopic (exact) mass is 699 g/mol. The van der Waals surface area contributed by atoms with Gasteiger partial charge in [0, 0.05) is 29.6 Å². The van der Waals surface area contributed by atoms with E-state index >= 15 is 0 Å². The zero-order chi connectivity index (χ0) is 33.2. The highest BCUT2D eigenvalue weighted by Gasteiger charge is 2.77. The molecule has 0 aromatic heterocycles. The van der Waals surface area contributed by atoms with Crippen molar-refractivity contribution >= 4 is 39.3 Å². The van der Waals surface area contributed by atoms with Crippen LogP contribution in [0.25, 0.3) is 0 Å². The molecule has 8 atom stereocenters. The highest BCUT2D eigenvalue weighted by molar-refractivity contribution is 9.09. The van der Waals surface area contributed by atoms with E-state index in [1.807, 2.05) is 49.9 Å². The Hall–Kier alpha value is -2.69. The van der Waals surface area contributed by atoms with Crippen LogP contribution in [0.4, 0.5) is 5.69 Å². The van der Waals surface area contributed by atoms with Gasteiger partial charge in [-0.15, -0.1) is 13.2 Å². The van der Waals surface area contributed by atoms with Crippen LogP contribution in [0.3, 0.4) is 0 Å². The number of fused-ring (bicyclic) bond motifs is 1. The van der Waals surface area contributed by atoms with Crippen molar-refractivity contribution in [3.8, 4) is 5.75 Å². The molecule has 0 radical (unpaired) electrons. The molecule has 3 unspecified atom stereocenters. The van der Waals surface area contributed by atoms with Crippen LogP contribution in [0.15, 0.2) is 49.6 Å². The number of anilines is 1. The first kappa shape index (κ1) is 34.6. The van der Waals surface area contributed by atoms with Gasteiger partial charge in [0.05, 0.1) is 37.2 Å². The second-order valence-corrected chi connectivity index (χ2v) is 14.5. The fourth-order valence-corrected chi connectivity index (χ4v) is 9.37. The Kier molecular flexibility index (Phi) is 11.0. The molecule has 10 heteroatoms. The molecule has 46 heavy (non-hydrogen) atoms. The number of carbonyl (C=O) groups is 3. The van der Waals surface area contributed by atoms with Gasteiger partial charge in [-0.1, -0.05) is 67.6 Å². The van der Waals surface area contributed by atoms with Gasteiger partial charge in [-0.25, -0.2) is 0 Å². The number of nitrogens with zero attached hydrogens (tertiary/aromatic N) is 3. The van der Waals surface area contributed by atoms with Gasteiger partial charge in [0.1, 0.15) is 17.4 Å². The molecular weight excluding hydrogens is 650 g/mol. The smallest absolute Gasteiger partial charge is 0.248 e. The van der Waals surface area contributed by atoms with Crippen molar-refractivity contribution in [3.63, 3.8) is 0 Å². The van der Waals surface area contributed by atoms with Gasteiger partial charge in [0.2, 0.25) is 17.7 Å². The molecule has 1 N–H and O–H groups in total. The summed E-state index contributed by atoms with van der Waals surface area (Å²) in [6, 6.07) is 5.80. The Balaban J connectivity index is 1.58. The molecule has 9 nitrogen and oxygen atoms in total. The molecule has 1 spiro atoms. The number of benzene rings is 1. The van der Waals surface area contributed by atoms with Crippen LogP contribution in [0.5, 0.6) is 5.75 Å². The number of hydrogen-bond acceptors (Lipinski definition) is 6. The minimum absolute atomic E-state index is 0.0429. The Morgan fingerprint density at radius 1 is 1.13 bits per heavy atom. The number of aliphatic hydroxyl groups is 1. The molecule has 4 aliphatic rings. The lowest BCUT2D eigenvalue weighted by Gasteiger charge is -2.43. The molecule has 3 saturated heterocycles. The Morgan fingerprint density at radius 2 is 1.80 bits per heavy atom. The third-order valence-electron chi connectivity index (χ3n) is 10.8. The molecule has 1 saturated carbocycles. The minimum atomic E-state index is -1.21. The second-order valence-electron chi connectivity index (χ2n) is 13.3. The average Bonchev–Trinajstić information content (AvgIpc) is 3.66. The number of ether oxygens (including phenoxy) is 2. The van der Waals surface area contributed by atoms with Gasteiger partial charge in [-0.3, -0.25) is 14.4 Å². The molecule has 3 aliphatic heterocycles. The highest BCUT2D eigenvalue weighted by atomic mass is 79.9. The van der Waals surface area contributed by atoms with Crippen LogP contribution in [-0.4, -0.2) is 93.6 Å². The standard InChI is InChI=1S/C36H50BrN3O6/c1-6-19-38(25-15-17-26(18-16-25)45-9-4)33(42)29-30-34(43)40(28(22-41)23(5)8-3)32(36(30)21-27(37)31(29)46-36)35(44)39(20-7-2)24-13-11-10-12-14-24/h6-7,15-18,23-24,27-32,41H,1-2,8-14,19-22H2,3-5H3/t23-,27?,28-,29-,30-,31-,32?,36?/m0/s1. The number of hydrogen-bond donors (Lipinski definition) is 1. The van der Waals surface area contributed by atoms with Crippen LogP contribution in [-0.2, 0) is 19.1 Å². The summed E-state index contributed by atoms with van der Waals surface area (Å²) in [5, 5.41) is 10.7. The van der Waals surface area contributed by atoms with Crippen molar-refractivity contribution in [1.29, 1.82) is 0 Å². The summed E-state index contributed by atoms with van der Waals surface area (Å²) in [5.74, 6) is -1.77. The zero-order valence-electron chi connectivity index (χ0n) is 27.5. The maximum Gasteiger partial charge on any atom is 0.248 e. The summed E-state index contributed by atoms with van der Waals surface area (Å²) in [6.07, 6.45) is 8.98. The molecule has 4 fully saturated rings. The average molecular weight is 701 g/mol. The van der Waals surface area contributed by atoms with Crippen molar-refractivity contribution < 1.29 is 29.0 Å². The maximum atomic E-state index is 15.0. The van der Waals surface area contributed by atoms with Gasteiger partial charge >= 0.3 is 0 Å². The number of halogens is 1. The van der Waals surface area contributed by atoms with E-state index in [0.717, 1.165) is 32.1 Å². The topological polar surface area (TPSA) is 99.6 Å². The molecule has 5 rings (SSSR count). The van der Waals surface area contributed by atoms with Gasteiger partial charge in [-0.2, -0.15) is 0 Å². The fourth-order valence-electron chi connectivity index (χ4n) is 8.43. The van der Waals surface area contributed by atoms with E-state index < -0.39 is 35.6 Å². The lowest BCUT2D eigenvalue weighted by atomic mass is 9.70. The molecule has 1 aromatic rings. The summed E-state index contributed by atoms with van der Waals surface area (Å²) in [6.45, 7) is 14.6. The van der Waals surface area contributed by atoms with Gasteiger partial charge < -0.3 is 29.3 Å². The van der Waals surface area contributed by atoms with E-state index in [1.165, 1.54) is 0 Å². The second kappa shape index (κ2) is 14.6. The summed E-state index contributed by atoms with van der Waals surface area (Å²) < 4.78 is 12.5. The highest BCUT2D eigenvalue weighted by Crippen LogP contribution is 2.61. The first-order valence-corrected chi connectivity index (χ1v) is 17.9. The Labute approximate surface area is 282 Å². The van der Waals surface area contributed by atoms with Gasteiger partial charge in [0.25, 0.3) is 0 Å². The predicted octanol–water partition coefficient (Wildman–Crippen LogP) is 5.11. The van der Waals surface area contributed by atoms with Crippen LogP contribution < -0.4 is 9.64 Å². The number of alkyl halides is 1. The normalized spacial score (nSPS) is 30.1. The van der Waals surface area contributed by atoms with Crippen LogP contribution in [0, 0.1) is 17.8 Å². The molecule has 3 amide bonds. The number of aliphatic hydroxyl groups excluding tert-OH is 1. The maximum absolute atomic E-state index is 15.0. The van der Waals surface area contributed by atoms with E-state index in [1.54, 1.807) is 22.0 Å². The number of carbonyl (C=O) groups excluding carboxylic acids is 3. The quantitative estimate of drug-likeness (QED) is 0.214. The molecule has 1 aliphatic carbocycles. The van der Waals surface area contributed by atoms with Crippen molar-refractivity contribution in [2.45, 2.75) is 100 Å². The largest absolute Gasteiger partial charge is 0.494 e. The number of amides is 3. The zero-order valence-corrected chi connectivity index (χ0v) is 29.1. The van der Waals surface area contributed by atoms with Gasteiger partial charge in [0.15, 0.2) is 0 Å². The number of rotatable bonds is 14. The molecular formula is C36H50BrN3O6. The van der Waals surface area contributed by atoms with Crippen molar-refractivity contribution in [1.82, 2.24) is 9.80 Å². The van der Waals surface area contributed by atoms with E-state index in [2.05, 4.69) is 29.1 Å². The summed E-state index contributed by atoms with van der Waals surface area (Å²) in [7, 11) is 0. The van der Waals surface area contributed by atoms with Crippen LogP contribution in [0.2, 0.25) is 0 Å². The van der Waals surface area contributed by atoms with E-state index in [0.29, 0.717) is 37.4 Å². The van der Waals surface area contributed by atoms with E-state index in [4.69, 9.17) is 9.47 Å². The van der Waals surface area contributed by atoms with Crippen LogP contribution >= 0.6 is 15.9 Å². The third kappa shape index (κ3) is 5.94. The summed E-state index contributed by atoms with van der Waals surface area (Å²) >= 11 is 3.81. The molecule has 252 valence electrons. The van der Waals surface area contributed by atoms with Crippen molar-refractivity contribution in [2.75, 3.05) is 31.2 Å². The summed E-state index contributed by atoms with van der Waals surface area (Å²) in [5.41, 5.74) is -0.547. The third-order valence-corrected chi connectivity index (χ3v) is 11.6. The summed E-state index contributed by atoms with van der Waals surface area (Å²) in [4.78, 5) is 49.4. The lowest BCUT2D eigenvalue weighted by molar-refractivity contribution is -0.154. The Bertz CT molecular complexity index is 1280. The molecule has 3 heterocycles. The van der Waals surface area contributed by atoms with Gasteiger partial charge in [-0.05, 0) is 56.4 Å². The van der Waals surface area contributed by atoms with Crippen LogP contribution in [0.1, 0.15) is 65.7 Å². The predicted molar refractivity (Wildman–Crippen MR) is 182 cm³/mol. The molecule has 1 aromatic carbocycles. The van der Waals surface area contributed by atoms with E-state index in [9.17, 15) is 19.5 Å². The van der Waals surface area contributed by atoms with E-state index in [-0.39, 0.29) is 47.7 Å². The first-order chi connectivity index (χ1) is 22.2. The van der Waals surface area contributed by atoms with Crippen molar-refractivity contribution in [3.05, 3.63) is 49.6 Å². The lowest BCUT2D eigenvalue weighted by Crippen LogP contribution is -2.61. The SMILES string of the molecule is C=CCN(C(=O)[C@H]1[C@H]2C(=O)N([C@@H](CO)[C@@H](C)CC)C(C(=O)N(CC=C)C3CCCCC3)C23CC(Br)[C@@H]1O3)c1ccc(OCC)cc1. The Morgan fingerprint density at radius 3 is 2.39 bits per heavy atom.